The molecule has 92 valence electrons. The molecular weight excluding hydrogens is 270 g/mol. The number of hydrogen-bond acceptors (Lipinski definition) is 3. The Hall–Kier alpha value is -0.350. The number of halogens is 1. The summed E-state index contributed by atoms with van der Waals surface area (Å²) in [6, 6.07) is 6.70. The molecule has 4 heteroatoms. The van der Waals surface area contributed by atoms with Gasteiger partial charge in [-0.3, -0.25) is 0 Å². The molecule has 2 heterocycles. The molecule has 0 fully saturated rings. The fraction of sp³-hybridized carbons (Fsp3) is 0.385. The Morgan fingerprint density at radius 3 is 2.59 bits per heavy atom. The van der Waals surface area contributed by atoms with Gasteiger partial charge in [0.15, 0.2) is 0 Å². The van der Waals surface area contributed by atoms with E-state index in [-0.39, 0.29) is 0 Å². The van der Waals surface area contributed by atoms with E-state index in [2.05, 4.69) is 38.2 Å². The lowest BCUT2D eigenvalue weighted by molar-refractivity contribution is 0.578. The van der Waals surface area contributed by atoms with Gasteiger partial charge in [-0.05, 0) is 44.5 Å². The zero-order valence-electron chi connectivity index (χ0n) is 10.2. The molecule has 1 atom stereocenters. The van der Waals surface area contributed by atoms with Gasteiger partial charge in [-0.1, -0.05) is 11.6 Å². The van der Waals surface area contributed by atoms with Crippen molar-refractivity contribution in [1.29, 1.82) is 0 Å². The lowest BCUT2D eigenvalue weighted by Gasteiger charge is -2.12. The van der Waals surface area contributed by atoms with Gasteiger partial charge in [-0.25, -0.2) is 0 Å². The first-order valence-corrected chi connectivity index (χ1v) is 7.62. The van der Waals surface area contributed by atoms with E-state index in [0.717, 1.165) is 10.9 Å². The Kier molecular flexibility index (Phi) is 4.26. The molecule has 0 spiro atoms. The maximum absolute atomic E-state index is 5.91. The summed E-state index contributed by atoms with van der Waals surface area (Å²) in [5, 5.41) is 3.54. The number of nitrogens with one attached hydrogen (secondary N) is 1. The van der Waals surface area contributed by atoms with Gasteiger partial charge in [0.25, 0.3) is 0 Å². The Morgan fingerprint density at radius 1 is 1.29 bits per heavy atom. The highest BCUT2D eigenvalue weighted by Gasteiger charge is 2.10. The lowest BCUT2D eigenvalue weighted by atomic mass is 10.1. The summed E-state index contributed by atoms with van der Waals surface area (Å²) < 4.78 is 0.858. The van der Waals surface area contributed by atoms with E-state index in [4.69, 9.17) is 11.6 Å². The largest absolute Gasteiger partial charge is 0.305 e. The predicted octanol–water partition coefficient (Wildman–Crippen LogP) is 4.93. The third-order valence-corrected chi connectivity index (χ3v) is 4.97. The molecule has 0 saturated heterocycles. The summed E-state index contributed by atoms with van der Waals surface area (Å²) >= 11 is 9.42. The SMILES string of the molecule is Cc1cc(C(C)NCc2ccc(Cl)s2)c(C)s1. The summed E-state index contributed by atoms with van der Waals surface area (Å²) in [6.07, 6.45) is 0. The first-order chi connectivity index (χ1) is 8.06. The van der Waals surface area contributed by atoms with Gasteiger partial charge in [0.05, 0.1) is 4.34 Å². The van der Waals surface area contributed by atoms with Crippen LogP contribution in [-0.4, -0.2) is 0 Å². The topological polar surface area (TPSA) is 12.0 Å². The summed E-state index contributed by atoms with van der Waals surface area (Å²) in [5.74, 6) is 0. The molecule has 0 amide bonds. The molecule has 0 aliphatic heterocycles. The minimum absolute atomic E-state index is 0.390. The van der Waals surface area contributed by atoms with Crippen LogP contribution in [0.4, 0.5) is 0 Å². The molecule has 17 heavy (non-hydrogen) atoms. The Bertz CT molecular complexity index is 501. The van der Waals surface area contributed by atoms with Crippen molar-refractivity contribution in [2.75, 3.05) is 0 Å². The van der Waals surface area contributed by atoms with Crippen molar-refractivity contribution >= 4 is 34.3 Å². The van der Waals surface area contributed by atoms with Crippen molar-refractivity contribution in [2.24, 2.45) is 0 Å². The monoisotopic (exact) mass is 285 g/mol. The molecule has 0 radical (unpaired) electrons. The number of hydrogen-bond donors (Lipinski definition) is 1. The Morgan fingerprint density at radius 2 is 2.06 bits per heavy atom. The average molecular weight is 286 g/mol. The van der Waals surface area contributed by atoms with E-state index in [0.29, 0.717) is 6.04 Å². The van der Waals surface area contributed by atoms with Gasteiger partial charge in [0.2, 0.25) is 0 Å². The van der Waals surface area contributed by atoms with Gasteiger partial charge in [0.1, 0.15) is 0 Å². The van der Waals surface area contributed by atoms with E-state index in [1.165, 1.54) is 20.2 Å². The van der Waals surface area contributed by atoms with Crippen LogP contribution in [0.25, 0.3) is 0 Å². The van der Waals surface area contributed by atoms with Gasteiger partial charge in [0, 0.05) is 27.2 Å². The highest BCUT2D eigenvalue weighted by molar-refractivity contribution is 7.16. The highest BCUT2D eigenvalue weighted by atomic mass is 35.5. The van der Waals surface area contributed by atoms with E-state index in [1.807, 2.05) is 17.4 Å². The van der Waals surface area contributed by atoms with Crippen molar-refractivity contribution in [1.82, 2.24) is 5.32 Å². The first kappa shape index (κ1) is 13.1. The van der Waals surface area contributed by atoms with Crippen LogP contribution in [0, 0.1) is 13.8 Å². The molecule has 1 N–H and O–H groups in total. The van der Waals surface area contributed by atoms with Crippen LogP contribution >= 0.6 is 34.3 Å². The quantitative estimate of drug-likeness (QED) is 0.840. The third-order valence-electron chi connectivity index (χ3n) is 2.76. The van der Waals surface area contributed by atoms with Crippen LogP contribution in [0.15, 0.2) is 18.2 Å². The summed E-state index contributed by atoms with van der Waals surface area (Å²) in [7, 11) is 0. The fourth-order valence-corrected chi connectivity index (χ4v) is 3.95. The maximum Gasteiger partial charge on any atom is 0.0931 e. The van der Waals surface area contributed by atoms with E-state index >= 15 is 0 Å². The second kappa shape index (κ2) is 5.53. The van der Waals surface area contributed by atoms with Crippen molar-refractivity contribution in [3.8, 4) is 0 Å². The minimum Gasteiger partial charge on any atom is -0.305 e. The van der Waals surface area contributed by atoms with Crippen molar-refractivity contribution in [3.63, 3.8) is 0 Å². The summed E-state index contributed by atoms with van der Waals surface area (Å²) in [6.45, 7) is 7.44. The smallest absolute Gasteiger partial charge is 0.0931 e. The first-order valence-electron chi connectivity index (χ1n) is 5.61. The van der Waals surface area contributed by atoms with Crippen LogP contribution in [0.3, 0.4) is 0 Å². The Balaban J connectivity index is 1.97. The summed E-state index contributed by atoms with van der Waals surface area (Å²) in [5.41, 5.74) is 1.41. The van der Waals surface area contributed by atoms with Crippen LogP contribution in [0.2, 0.25) is 4.34 Å². The zero-order valence-corrected chi connectivity index (χ0v) is 12.6. The predicted molar refractivity (Wildman–Crippen MR) is 78.4 cm³/mol. The number of thiophene rings is 2. The van der Waals surface area contributed by atoms with Crippen molar-refractivity contribution < 1.29 is 0 Å². The number of rotatable bonds is 4. The molecule has 0 saturated carbocycles. The standard InChI is InChI=1S/C13H16ClNS2/c1-8-6-12(10(3)16-8)9(2)15-7-11-4-5-13(14)17-11/h4-6,9,15H,7H2,1-3H3. The number of aryl methyl sites for hydroxylation is 2. The Labute approximate surface area is 115 Å². The van der Waals surface area contributed by atoms with Crippen LogP contribution in [0.1, 0.15) is 33.2 Å². The average Bonchev–Trinajstić information content (AvgIpc) is 2.81. The molecule has 2 aromatic rings. The molecule has 2 aromatic heterocycles. The van der Waals surface area contributed by atoms with Gasteiger partial charge < -0.3 is 5.32 Å². The fourth-order valence-electron chi connectivity index (χ4n) is 1.89. The highest BCUT2D eigenvalue weighted by Crippen LogP contribution is 2.27. The van der Waals surface area contributed by atoms with Crippen LogP contribution in [0.5, 0.6) is 0 Å². The van der Waals surface area contributed by atoms with Crippen LogP contribution in [-0.2, 0) is 6.54 Å². The van der Waals surface area contributed by atoms with Gasteiger partial charge >= 0.3 is 0 Å². The van der Waals surface area contributed by atoms with Crippen molar-refractivity contribution in [3.05, 3.63) is 42.7 Å². The molecular formula is C13H16ClNS2. The van der Waals surface area contributed by atoms with E-state index in [1.54, 1.807) is 11.3 Å². The molecule has 0 aliphatic carbocycles. The maximum atomic E-state index is 5.91. The normalized spacial score (nSPS) is 12.9. The van der Waals surface area contributed by atoms with E-state index < -0.39 is 0 Å². The summed E-state index contributed by atoms with van der Waals surface area (Å²) in [4.78, 5) is 4.07. The van der Waals surface area contributed by atoms with Crippen LogP contribution < -0.4 is 5.32 Å². The molecule has 0 aromatic carbocycles. The van der Waals surface area contributed by atoms with Crippen molar-refractivity contribution in [2.45, 2.75) is 33.4 Å². The second-order valence-corrected chi connectivity index (χ2v) is 7.44. The second-order valence-electron chi connectivity index (χ2n) is 4.18. The lowest BCUT2D eigenvalue weighted by Crippen LogP contribution is -2.17. The van der Waals surface area contributed by atoms with Gasteiger partial charge in [-0.15, -0.1) is 22.7 Å². The zero-order chi connectivity index (χ0) is 12.4. The van der Waals surface area contributed by atoms with E-state index in [9.17, 15) is 0 Å². The molecule has 1 unspecified atom stereocenters. The molecule has 2 rings (SSSR count). The molecule has 0 aliphatic rings. The molecule has 1 nitrogen and oxygen atoms in total. The minimum atomic E-state index is 0.390. The third kappa shape index (κ3) is 3.32. The van der Waals surface area contributed by atoms with Gasteiger partial charge in [-0.2, -0.15) is 0 Å². The molecule has 0 bridgehead atoms.